The number of rotatable bonds is 8. The van der Waals surface area contributed by atoms with Gasteiger partial charge in [0.15, 0.2) is 5.16 Å². The minimum Gasteiger partial charge on any atom is -0.377 e. The Morgan fingerprint density at radius 2 is 2.13 bits per heavy atom. The summed E-state index contributed by atoms with van der Waals surface area (Å²) in [6.07, 6.45) is 3.13. The van der Waals surface area contributed by atoms with Crippen LogP contribution in [0.2, 0.25) is 0 Å². The zero-order valence-electron chi connectivity index (χ0n) is 17.1. The van der Waals surface area contributed by atoms with Crippen molar-refractivity contribution in [1.82, 2.24) is 25.2 Å². The lowest BCUT2D eigenvalue weighted by molar-refractivity contribution is 0.0953. The summed E-state index contributed by atoms with van der Waals surface area (Å²) >= 11 is 1.66. The number of aromatic nitrogens is 4. The summed E-state index contributed by atoms with van der Waals surface area (Å²) in [5.74, 6) is 2.01. The van der Waals surface area contributed by atoms with Gasteiger partial charge in [-0.15, -0.1) is 10.2 Å². The highest BCUT2D eigenvalue weighted by molar-refractivity contribution is 7.99. The quantitative estimate of drug-likeness (QED) is 0.552. The Morgan fingerprint density at radius 1 is 1.30 bits per heavy atom. The van der Waals surface area contributed by atoms with Crippen molar-refractivity contribution in [3.63, 3.8) is 0 Å². The third-order valence-corrected chi connectivity index (χ3v) is 6.27. The third kappa shape index (κ3) is 4.57. The monoisotopic (exact) mass is 427 g/mol. The summed E-state index contributed by atoms with van der Waals surface area (Å²) in [5, 5.41) is 16.4. The Bertz CT molecular complexity index is 995. The number of amides is 1. The van der Waals surface area contributed by atoms with E-state index >= 15 is 0 Å². The molecule has 1 aromatic carbocycles. The second kappa shape index (κ2) is 9.44. The van der Waals surface area contributed by atoms with Gasteiger partial charge in [0, 0.05) is 37.9 Å². The number of hydrogen-bond donors (Lipinski definition) is 1. The van der Waals surface area contributed by atoms with Crippen LogP contribution in [0.15, 0.2) is 40.0 Å². The van der Waals surface area contributed by atoms with Gasteiger partial charge >= 0.3 is 0 Å². The first kappa shape index (κ1) is 20.6. The maximum absolute atomic E-state index is 12.8. The molecule has 30 heavy (non-hydrogen) atoms. The summed E-state index contributed by atoms with van der Waals surface area (Å²) in [5.41, 5.74) is 1.87. The predicted molar refractivity (Wildman–Crippen MR) is 113 cm³/mol. The van der Waals surface area contributed by atoms with Crippen LogP contribution in [0.4, 0.5) is 0 Å². The second-order valence-electron chi connectivity index (χ2n) is 7.24. The lowest BCUT2D eigenvalue weighted by Gasteiger charge is -2.09. The Balaban J connectivity index is 1.34. The molecule has 0 saturated carbocycles. The Hall–Kier alpha value is -2.65. The highest BCUT2D eigenvalue weighted by Crippen LogP contribution is 2.25. The number of ether oxygens (including phenoxy) is 1. The molecule has 1 N–H and O–H groups in total. The second-order valence-corrected chi connectivity index (χ2v) is 8.23. The predicted octanol–water partition coefficient (Wildman–Crippen LogP) is 3.02. The van der Waals surface area contributed by atoms with Gasteiger partial charge in [0.2, 0.25) is 0 Å². The lowest BCUT2D eigenvalue weighted by Crippen LogP contribution is -2.27. The topological polar surface area (TPSA) is 95.1 Å². The summed E-state index contributed by atoms with van der Waals surface area (Å²) in [6.45, 7) is 3.04. The van der Waals surface area contributed by atoms with Gasteiger partial charge in [-0.25, -0.2) is 0 Å². The minimum atomic E-state index is -0.206. The SMILES string of the molecule is Cc1onc(-c2ccccc2)c1C(=O)NCCc1nnc(SCC2CCCO2)n1C. The number of aryl methyl sites for hydroxylation is 1. The van der Waals surface area contributed by atoms with E-state index in [2.05, 4.69) is 20.7 Å². The molecule has 1 saturated heterocycles. The van der Waals surface area contributed by atoms with Gasteiger partial charge in [-0.1, -0.05) is 47.3 Å². The van der Waals surface area contributed by atoms with Crippen LogP contribution in [0.25, 0.3) is 11.3 Å². The van der Waals surface area contributed by atoms with Crippen LogP contribution < -0.4 is 5.32 Å². The van der Waals surface area contributed by atoms with Gasteiger partial charge in [0.05, 0.1) is 6.10 Å². The largest absolute Gasteiger partial charge is 0.377 e. The fourth-order valence-corrected chi connectivity index (χ4v) is 4.44. The number of nitrogens with one attached hydrogen (secondary N) is 1. The number of benzene rings is 1. The molecule has 3 aromatic rings. The molecule has 1 atom stereocenters. The summed E-state index contributed by atoms with van der Waals surface area (Å²) in [7, 11) is 1.95. The van der Waals surface area contributed by atoms with E-state index < -0.39 is 0 Å². The Morgan fingerprint density at radius 3 is 2.90 bits per heavy atom. The van der Waals surface area contributed by atoms with Crippen LogP contribution in [0.3, 0.4) is 0 Å². The average Bonchev–Trinajstić information content (AvgIpc) is 3.49. The number of carbonyl (C=O) groups excluding carboxylic acids is 1. The van der Waals surface area contributed by atoms with Crippen molar-refractivity contribution in [3.05, 3.63) is 47.5 Å². The van der Waals surface area contributed by atoms with Crippen LogP contribution in [-0.2, 0) is 18.2 Å². The van der Waals surface area contributed by atoms with E-state index in [1.807, 2.05) is 41.9 Å². The zero-order chi connectivity index (χ0) is 20.9. The molecule has 0 aliphatic carbocycles. The molecule has 1 unspecified atom stereocenters. The van der Waals surface area contributed by atoms with Crippen LogP contribution in [0.1, 0.15) is 34.8 Å². The molecule has 0 radical (unpaired) electrons. The third-order valence-electron chi connectivity index (χ3n) is 5.12. The van der Waals surface area contributed by atoms with Crippen molar-refractivity contribution in [2.75, 3.05) is 18.9 Å². The van der Waals surface area contributed by atoms with E-state index in [-0.39, 0.29) is 5.91 Å². The van der Waals surface area contributed by atoms with Crippen LogP contribution in [-0.4, -0.2) is 50.8 Å². The molecule has 0 spiro atoms. The molecule has 0 bridgehead atoms. The van der Waals surface area contributed by atoms with E-state index in [1.54, 1.807) is 18.7 Å². The molecule has 1 amide bonds. The standard InChI is InChI=1S/C21H25N5O3S/c1-14-18(19(25-29-14)15-7-4-3-5-8-15)20(27)22-11-10-17-23-24-21(26(17)2)30-13-16-9-6-12-28-16/h3-5,7-8,16H,6,9-13H2,1-2H3,(H,22,27). The van der Waals surface area contributed by atoms with E-state index in [4.69, 9.17) is 9.26 Å². The van der Waals surface area contributed by atoms with Crippen molar-refractivity contribution in [2.45, 2.75) is 37.4 Å². The first-order valence-electron chi connectivity index (χ1n) is 10.1. The van der Waals surface area contributed by atoms with Gasteiger partial charge in [-0.05, 0) is 19.8 Å². The first-order chi connectivity index (χ1) is 14.6. The Kier molecular flexibility index (Phi) is 6.49. The van der Waals surface area contributed by atoms with Gasteiger partial charge in [-0.3, -0.25) is 4.79 Å². The highest BCUT2D eigenvalue weighted by atomic mass is 32.2. The van der Waals surface area contributed by atoms with Crippen molar-refractivity contribution in [3.8, 4) is 11.3 Å². The van der Waals surface area contributed by atoms with Crippen LogP contribution in [0.5, 0.6) is 0 Å². The van der Waals surface area contributed by atoms with Gasteiger partial charge in [0.25, 0.3) is 5.91 Å². The lowest BCUT2D eigenvalue weighted by atomic mass is 10.1. The Labute approximate surface area is 179 Å². The average molecular weight is 428 g/mol. The molecule has 9 heteroatoms. The van der Waals surface area contributed by atoms with Gasteiger partial charge in [0.1, 0.15) is 22.8 Å². The van der Waals surface area contributed by atoms with E-state index in [0.717, 1.165) is 41.7 Å². The molecule has 158 valence electrons. The highest BCUT2D eigenvalue weighted by Gasteiger charge is 2.22. The van der Waals surface area contributed by atoms with Crippen molar-refractivity contribution in [2.24, 2.45) is 7.05 Å². The number of hydrogen-bond acceptors (Lipinski definition) is 7. The molecule has 3 heterocycles. The maximum Gasteiger partial charge on any atom is 0.257 e. The fourth-order valence-electron chi connectivity index (χ4n) is 3.44. The van der Waals surface area contributed by atoms with Crippen molar-refractivity contribution >= 4 is 17.7 Å². The minimum absolute atomic E-state index is 0.206. The molecule has 2 aromatic heterocycles. The van der Waals surface area contributed by atoms with E-state index in [9.17, 15) is 4.79 Å². The number of carbonyl (C=O) groups is 1. The van der Waals surface area contributed by atoms with Crippen molar-refractivity contribution in [1.29, 1.82) is 0 Å². The molecule has 8 nitrogen and oxygen atoms in total. The van der Waals surface area contributed by atoms with Gasteiger partial charge < -0.3 is 19.1 Å². The number of nitrogens with zero attached hydrogens (tertiary/aromatic N) is 4. The fraction of sp³-hybridized carbons (Fsp3) is 0.429. The summed E-state index contributed by atoms with van der Waals surface area (Å²) in [6, 6.07) is 9.55. The van der Waals surface area contributed by atoms with E-state index in [0.29, 0.717) is 36.1 Å². The molecule has 1 aliphatic heterocycles. The van der Waals surface area contributed by atoms with Crippen LogP contribution in [0, 0.1) is 6.92 Å². The molecular weight excluding hydrogens is 402 g/mol. The molecule has 1 aliphatic rings. The van der Waals surface area contributed by atoms with Crippen LogP contribution >= 0.6 is 11.8 Å². The molecule has 1 fully saturated rings. The maximum atomic E-state index is 12.8. The van der Waals surface area contributed by atoms with E-state index in [1.165, 1.54) is 0 Å². The first-order valence-corrected chi connectivity index (χ1v) is 11.0. The normalized spacial score (nSPS) is 16.1. The summed E-state index contributed by atoms with van der Waals surface area (Å²) in [4.78, 5) is 12.8. The summed E-state index contributed by atoms with van der Waals surface area (Å²) < 4.78 is 12.9. The van der Waals surface area contributed by atoms with Gasteiger partial charge in [-0.2, -0.15) is 0 Å². The molecule has 4 rings (SSSR count). The number of thioether (sulfide) groups is 1. The smallest absolute Gasteiger partial charge is 0.257 e. The molecular formula is C21H25N5O3S. The zero-order valence-corrected chi connectivity index (χ0v) is 17.9. The van der Waals surface area contributed by atoms with Crippen molar-refractivity contribution < 1.29 is 14.1 Å².